The van der Waals surface area contributed by atoms with Crippen LogP contribution in [0.2, 0.25) is 0 Å². The molecule has 1 aliphatic heterocycles. The molecule has 0 aliphatic carbocycles. The molecule has 1 atom stereocenters. The average molecular weight is 329 g/mol. The number of esters is 1. The number of carbonyl (C=O) groups is 1. The molecule has 0 N–H and O–H groups in total. The van der Waals surface area contributed by atoms with Crippen molar-refractivity contribution in [2.45, 2.75) is 19.3 Å². The highest BCUT2D eigenvalue weighted by molar-refractivity contribution is 5.78. The third-order valence-electron chi connectivity index (χ3n) is 4.42. The van der Waals surface area contributed by atoms with E-state index in [4.69, 9.17) is 14.2 Å². The number of ether oxygens (including phenoxy) is 3. The molecular weight excluding hydrogens is 310 g/mol. The minimum atomic E-state index is -0.439. The van der Waals surface area contributed by atoms with Crippen LogP contribution < -0.4 is 19.8 Å². The fraction of sp³-hybridized carbons (Fsp3) is 0.333. The lowest BCUT2D eigenvalue weighted by Crippen LogP contribution is -2.32. The predicted molar refractivity (Wildman–Crippen MR) is 88.1 cm³/mol. The normalized spacial score (nSPS) is 16.3. The van der Waals surface area contributed by atoms with Gasteiger partial charge in [-0.15, -0.1) is 0 Å². The summed E-state index contributed by atoms with van der Waals surface area (Å²) >= 11 is 0. The molecule has 0 fully saturated rings. The second kappa shape index (κ2) is 6.03. The Balaban J connectivity index is 2.27. The van der Waals surface area contributed by atoms with Crippen LogP contribution in [0.3, 0.4) is 0 Å². The van der Waals surface area contributed by atoms with Crippen molar-refractivity contribution < 1.29 is 19.0 Å². The van der Waals surface area contributed by atoms with Crippen LogP contribution in [0.4, 0.5) is 0 Å². The molecule has 0 amide bonds. The van der Waals surface area contributed by atoms with Crippen molar-refractivity contribution in [3.63, 3.8) is 0 Å². The van der Waals surface area contributed by atoms with Crippen LogP contribution in [0, 0.1) is 6.92 Å². The van der Waals surface area contributed by atoms with Crippen LogP contribution in [0.25, 0.3) is 0 Å². The molecule has 0 saturated heterocycles. The molecule has 0 bridgehead atoms. The van der Waals surface area contributed by atoms with Gasteiger partial charge in [0.2, 0.25) is 0 Å². The van der Waals surface area contributed by atoms with Crippen LogP contribution >= 0.6 is 0 Å². The van der Waals surface area contributed by atoms with Gasteiger partial charge in [-0.3, -0.25) is 9.59 Å². The average Bonchev–Trinajstić information content (AvgIpc) is 2.58. The maximum absolute atomic E-state index is 12.8. The molecule has 0 radical (unpaired) electrons. The molecule has 6 heteroatoms. The van der Waals surface area contributed by atoms with Crippen molar-refractivity contribution >= 4 is 5.97 Å². The maximum atomic E-state index is 12.8. The monoisotopic (exact) mass is 329 g/mol. The van der Waals surface area contributed by atoms with Crippen molar-refractivity contribution in [2.24, 2.45) is 7.05 Å². The van der Waals surface area contributed by atoms with Gasteiger partial charge in [0.15, 0.2) is 11.5 Å². The molecule has 1 aromatic heterocycles. The lowest BCUT2D eigenvalue weighted by Gasteiger charge is -2.26. The summed E-state index contributed by atoms with van der Waals surface area (Å²) in [4.78, 5) is 24.8. The van der Waals surface area contributed by atoms with Crippen molar-refractivity contribution in [1.29, 1.82) is 0 Å². The third kappa shape index (κ3) is 2.44. The minimum absolute atomic E-state index is 0.0782. The molecule has 2 aromatic rings. The van der Waals surface area contributed by atoms with E-state index in [0.29, 0.717) is 22.8 Å². The van der Waals surface area contributed by atoms with Crippen LogP contribution in [0.15, 0.2) is 29.1 Å². The van der Waals surface area contributed by atoms with Gasteiger partial charge in [0.1, 0.15) is 5.75 Å². The number of pyridine rings is 1. The van der Waals surface area contributed by atoms with E-state index in [9.17, 15) is 9.59 Å². The Morgan fingerprint density at radius 3 is 2.62 bits per heavy atom. The number of fused-ring (bicyclic) bond motifs is 1. The molecule has 0 saturated carbocycles. The number of para-hydroxylation sites is 1. The number of rotatable bonds is 3. The number of nitrogens with zero attached hydrogens (tertiary/aromatic N) is 1. The van der Waals surface area contributed by atoms with Gasteiger partial charge in [-0.25, -0.2) is 0 Å². The number of hydrogen-bond donors (Lipinski definition) is 0. The van der Waals surface area contributed by atoms with Crippen molar-refractivity contribution in [2.75, 3.05) is 14.2 Å². The zero-order chi connectivity index (χ0) is 17.4. The first kappa shape index (κ1) is 16.1. The van der Waals surface area contributed by atoms with E-state index in [-0.39, 0.29) is 17.9 Å². The third-order valence-corrected chi connectivity index (χ3v) is 4.42. The van der Waals surface area contributed by atoms with E-state index < -0.39 is 5.92 Å². The quantitative estimate of drug-likeness (QED) is 0.807. The van der Waals surface area contributed by atoms with Crippen LogP contribution in [0.5, 0.6) is 17.2 Å². The van der Waals surface area contributed by atoms with Gasteiger partial charge in [0.05, 0.1) is 26.2 Å². The maximum Gasteiger partial charge on any atom is 0.312 e. The van der Waals surface area contributed by atoms with E-state index >= 15 is 0 Å². The molecule has 0 spiro atoms. The SMILES string of the molecule is COc1cccc([C@@H]2CC(=O)Oc3cc(C)n(C)c(=O)c32)c1OC. The fourth-order valence-electron chi connectivity index (χ4n) is 3.10. The summed E-state index contributed by atoms with van der Waals surface area (Å²) in [7, 11) is 4.79. The summed E-state index contributed by atoms with van der Waals surface area (Å²) in [6.45, 7) is 1.80. The summed E-state index contributed by atoms with van der Waals surface area (Å²) in [6, 6.07) is 7.15. The van der Waals surface area contributed by atoms with Crippen LogP contribution in [0.1, 0.15) is 29.2 Å². The molecule has 1 aromatic carbocycles. The number of hydrogen-bond acceptors (Lipinski definition) is 5. The Bertz CT molecular complexity index is 868. The number of carbonyl (C=O) groups excluding carboxylic acids is 1. The number of aryl methyl sites for hydroxylation is 1. The summed E-state index contributed by atoms with van der Waals surface area (Å²) < 4.78 is 17.7. The molecule has 6 nitrogen and oxygen atoms in total. The van der Waals surface area contributed by atoms with Gasteiger partial charge in [-0.05, 0) is 13.0 Å². The second-order valence-electron chi connectivity index (χ2n) is 5.74. The Labute approximate surface area is 139 Å². The van der Waals surface area contributed by atoms with Gasteiger partial charge in [-0.1, -0.05) is 12.1 Å². The molecule has 1 aliphatic rings. The van der Waals surface area contributed by atoms with Crippen molar-refractivity contribution in [3.05, 3.63) is 51.4 Å². The Morgan fingerprint density at radius 1 is 1.21 bits per heavy atom. The first-order chi connectivity index (χ1) is 11.5. The zero-order valence-corrected chi connectivity index (χ0v) is 14.1. The summed E-state index contributed by atoms with van der Waals surface area (Å²) in [5.74, 6) is 0.588. The number of aromatic nitrogens is 1. The highest BCUT2D eigenvalue weighted by atomic mass is 16.5. The highest BCUT2D eigenvalue weighted by Crippen LogP contribution is 2.43. The van der Waals surface area contributed by atoms with Crippen molar-refractivity contribution in [1.82, 2.24) is 4.57 Å². The molecular formula is C18H19NO5. The van der Waals surface area contributed by atoms with E-state index in [1.807, 2.05) is 12.1 Å². The standard InChI is InChI=1S/C18H19NO5/c1-10-8-14-16(18(21)19(10)2)12(9-15(20)24-14)11-6-5-7-13(22-3)17(11)23-4/h5-8,12H,9H2,1-4H3/t12-/m0/s1. The molecule has 24 heavy (non-hydrogen) atoms. The van der Waals surface area contributed by atoms with E-state index in [1.165, 1.54) is 7.11 Å². The van der Waals surface area contributed by atoms with Gasteiger partial charge >= 0.3 is 5.97 Å². The predicted octanol–water partition coefficient (Wildman–Crippen LogP) is 2.15. The fourth-order valence-corrected chi connectivity index (χ4v) is 3.10. The van der Waals surface area contributed by atoms with Gasteiger partial charge in [0.25, 0.3) is 5.56 Å². The summed E-state index contributed by atoms with van der Waals surface area (Å²) in [5, 5.41) is 0. The van der Waals surface area contributed by atoms with Gasteiger partial charge in [0, 0.05) is 30.3 Å². The highest BCUT2D eigenvalue weighted by Gasteiger charge is 2.34. The zero-order valence-electron chi connectivity index (χ0n) is 14.1. The Hall–Kier alpha value is -2.76. The largest absolute Gasteiger partial charge is 0.493 e. The minimum Gasteiger partial charge on any atom is -0.493 e. The van der Waals surface area contributed by atoms with Crippen LogP contribution in [-0.2, 0) is 11.8 Å². The smallest absolute Gasteiger partial charge is 0.312 e. The molecule has 3 rings (SSSR count). The summed E-state index contributed by atoms with van der Waals surface area (Å²) in [5.41, 5.74) is 1.75. The molecule has 2 heterocycles. The van der Waals surface area contributed by atoms with Crippen LogP contribution in [-0.4, -0.2) is 24.8 Å². The topological polar surface area (TPSA) is 66.8 Å². The molecule has 0 unspecified atom stereocenters. The summed E-state index contributed by atoms with van der Waals surface area (Å²) in [6.07, 6.45) is 0.0782. The van der Waals surface area contributed by atoms with E-state index in [0.717, 1.165) is 11.3 Å². The number of methoxy groups -OCH3 is 2. The Kier molecular flexibility index (Phi) is 4.05. The first-order valence-corrected chi connectivity index (χ1v) is 7.60. The second-order valence-corrected chi connectivity index (χ2v) is 5.74. The van der Waals surface area contributed by atoms with Gasteiger partial charge < -0.3 is 18.8 Å². The lowest BCUT2D eigenvalue weighted by atomic mass is 9.86. The first-order valence-electron chi connectivity index (χ1n) is 7.60. The molecule has 126 valence electrons. The van der Waals surface area contributed by atoms with Crippen molar-refractivity contribution in [3.8, 4) is 17.2 Å². The Morgan fingerprint density at radius 2 is 1.96 bits per heavy atom. The lowest BCUT2D eigenvalue weighted by molar-refractivity contribution is -0.135. The van der Waals surface area contributed by atoms with E-state index in [2.05, 4.69) is 0 Å². The van der Waals surface area contributed by atoms with Gasteiger partial charge in [-0.2, -0.15) is 0 Å². The van der Waals surface area contributed by atoms with E-state index in [1.54, 1.807) is 37.8 Å². The number of benzene rings is 1.